The quantitative estimate of drug-likeness (QED) is 0.603. The Balaban J connectivity index is 1.90. The van der Waals surface area contributed by atoms with Crippen LogP contribution in [0.15, 0.2) is 36.4 Å². The van der Waals surface area contributed by atoms with Gasteiger partial charge in [0, 0.05) is 27.0 Å². The number of carbonyl (C=O) groups is 1. The average Bonchev–Trinajstić information content (AvgIpc) is 2.69. The lowest BCUT2D eigenvalue weighted by atomic mass is 9.91. The first-order valence-electron chi connectivity index (χ1n) is 10.5. The zero-order chi connectivity index (χ0) is 23.5. The summed E-state index contributed by atoms with van der Waals surface area (Å²) in [6, 6.07) is 9.23. The summed E-state index contributed by atoms with van der Waals surface area (Å²) in [7, 11) is 1.51. The number of hydrogen-bond acceptors (Lipinski definition) is 6. The van der Waals surface area contributed by atoms with E-state index in [0.717, 1.165) is 5.56 Å². The van der Waals surface area contributed by atoms with Gasteiger partial charge >= 0.3 is 0 Å². The van der Waals surface area contributed by atoms with Gasteiger partial charge in [0.2, 0.25) is 12.2 Å². The standard InChI is InChI=1S/C24H30FNO6/c1-14(27)26-9-8-16-11-21(19(28)12-18(16)15-6-5-7-17(25)10-15)31-22-13-20(29)23(30-4)24(2,3)32-22/h5-7,10-12,20,22-23,28-29H,8-9,13H2,1-4H3,(H,26,27)/t20-,22+,23+/m0/s1. The Bertz CT molecular complexity index is 964. The van der Waals surface area contributed by atoms with E-state index in [0.29, 0.717) is 24.1 Å². The van der Waals surface area contributed by atoms with Crippen LogP contribution >= 0.6 is 0 Å². The van der Waals surface area contributed by atoms with Crippen LogP contribution in [0.4, 0.5) is 4.39 Å². The first kappa shape index (κ1) is 24.0. The molecular weight excluding hydrogens is 417 g/mol. The topological polar surface area (TPSA) is 97.2 Å². The predicted molar refractivity (Wildman–Crippen MR) is 117 cm³/mol. The fourth-order valence-corrected chi connectivity index (χ4v) is 4.10. The summed E-state index contributed by atoms with van der Waals surface area (Å²) >= 11 is 0. The van der Waals surface area contributed by atoms with Gasteiger partial charge in [0.25, 0.3) is 0 Å². The van der Waals surface area contributed by atoms with E-state index in [2.05, 4.69) is 5.32 Å². The minimum Gasteiger partial charge on any atom is -0.504 e. The van der Waals surface area contributed by atoms with Crippen molar-refractivity contribution in [3.63, 3.8) is 0 Å². The van der Waals surface area contributed by atoms with Crippen molar-refractivity contribution in [2.75, 3.05) is 13.7 Å². The molecular formula is C24H30FNO6. The molecule has 0 unspecified atom stereocenters. The van der Waals surface area contributed by atoms with Crippen LogP contribution in [-0.2, 0) is 20.7 Å². The number of nitrogens with one attached hydrogen (secondary N) is 1. The van der Waals surface area contributed by atoms with Crippen molar-refractivity contribution in [1.82, 2.24) is 5.32 Å². The number of halogens is 1. The molecule has 174 valence electrons. The molecule has 8 heteroatoms. The van der Waals surface area contributed by atoms with E-state index in [-0.39, 0.29) is 23.8 Å². The summed E-state index contributed by atoms with van der Waals surface area (Å²) in [6.07, 6.45) is -1.52. The molecule has 0 aliphatic carbocycles. The lowest BCUT2D eigenvalue weighted by Gasteiger charge is -2.44. The average molecular weight is 448 g/mol. The second-order valence-corrected chi connectivity index (χ2v) is 8.45. The highest BCUT2D eigenvalue weighted by Crippen LogP contribution is 2.38. The van der Waals surface area contributed by atoms with Gasteiger partial charge in [0.1, 0.15) is 11.9 Å². The van der Waals surface area contributed by atoms with Crippen LogP contribution in [0.3, 0.4) is 0 Å². The number of phenols is 1. The normalized spacial score (nSPS) is 22.4. The minimum atomic E-state index is -0.805. The van der Waals surface area contributed by atoms with E-state index in [1.165, 1.54) is 32.2 Å². The van der Waals surface area contributed by atoms with Crippen molar-refractivity contribution in [2.45, 2.75) is 57.7 Å². The Labute approximate surface area is 187 Å². The van der Waals surface area contributed by atoms with E-state index >= 15 is 0 Å². The van der Waals surface area contributed by atoms with E-state index in [4.69, 9.17) is 14.2 Å². The molecule has 3 N–H and O–H groups in total. The third kappa shape index (κ3) is 5.56. The second-order valence-electron chi connectivity index (χ2n) is 8.45. The van der Waals surface area contributed by atoms with E-state index in [1.54, 1.807) is 32.0 Å². The number of methoxy groups -OCH3 is 1. The molecule has 3 atom stereocenters. The number of carbonyl (C=O) groups excluding carboxylic acids is 1. The third-order valence-corrected chi connectivity index (χ3v) is 5.50. The SMILES string of the molecule is CO[C@@H]1[C@@H](O)C[C@H](Oc2cc(CCNC(C)=O)c(-c3cccc(F)c3)cc2O)OC1(C)C. The first-order chi connectivity index (χ1) is 15.1. The highest BCUT2D eigenvalue weighted by Gasteiger charge is 2.45. The lowest BCUT2D eigenvalue weighted by Crippen LogP contribution is -2.56. The molecule has 1 amide bonds. The lowest BCUT2D eigenvalue weighted by molar-refractivity contribution is -0.264. The number of hydrogen-bond donors (Lipinski definition) is 3. The summed E-state index contributed by atoms with van der Waals surface area (Å²) in [5.41, 5.74) is 1.17. The van der Waals surface area contributed by atoms with Gasteiger partial charge in [-0.1, -0.05) is 12.1 Å². The van der Waals surface area contributed by atoms with Crippen LogP contribution < -0.4 is 10.1 Å². The van der Waals surface area contributed by atoms with Crippen molar-refractivity contribution < 1.29 is 33.6 Å². The van der Waals surface area contributed by atoms with Gasteiger partial charge in [-0.05, 0) is 61.2 Å². The number of rotatable bonds is 7. The van der Waals surface area contributed by atoms with Gasteiger partial charge in [-0.25, -0.2) is 4.39 Å². The molecule has 2 aromatic carbocycles. The number of aliphatic hydroxyl groups is 1. The van der Waals surface area contributed by atoms with Crippen LogP contribution in [0.25, 0.3) is 11.1 Å². The fraction of sp³-hybridized carbons (Fsp3) is 0.458. The van der Waals surface area contributed by atoms with Crippen molar-refractivity contribution in [1.29, 1.82) is 0 Å². The minimum absolute atomic E-state index is 0.141. The highest BCUT2D eigenvalue weighted by atomic mass is 19.1. The Morgan fingerprint density at radius 1 is 1.31 bits per heavy atom. The van der Waals surface area contributed by atoms with Crippen LogP contribution in [-0.4, -0.2) is 53.9 Å². The second kappa shape index (κ2) is 9.85. The number of amides is 1. The molecule has 1 saturated heterocycles. The smallest absolute Gasteiger partial charge is 0.216 e. The summed E-state index contributed by atoms with van der Waals surface area (Å²) in [5, 5.41) is 23.8. The van der Waals surface area contributed by atoms with E-state index in [9.17, 15) is 19.4 Å². The molecule has 2 aromatic rings. The largest absolute Gasteiger partial charge is 0.504 e. The number of aliphatic hydroxyl groups excluding tert-OH is 1. The molecule has 0 radical (unpaired) electrons. The molecule has 0 aromatic heterocycles. The molecule has 0 spiro atoms. The Morgan fingerprint density at radius 3 is 2.69 bits per heavy atom. The summed E-state index contributed by atoms with van der Waals surface area (Å²) in [4.78, 5) is 11.3. The maximum absolute atomic E-state index is 13.8. The zero-order valence-corrected chi connectivity index (χ0v) is 18.7. The molecule has 7 nitrogen and oxygen atoms in total. The number of phenolic OH excluding ortho intramolecular Hbond substituents is 1. The highest BCUT2D eigenvalue weighted by molar-refractivity contribution is 5.73. The van der Waals surface area contributed by atoms with Gasteiger partial charge in [0.15, 0.2) is 11.5 Å². The molecule has 1 fully saturated rings. The molecule has 1 heterocycles. The van der Waals surface area contributed by atoms with Crippen LogP contribution in [0.2, 0.25) is 0 Å². The Hall–Kier alpha value is -2.68. The fourth-order valence-electron chi connectivity index (χ4n) is 4.10. The van der Waals surface area contributed by atoms with Gasteiger partial charge in [0.05, 0.1) is 11.7 Å². The summed E-state index contributed by atoms with van der Waals surface area (Å²) in [6.45, 7) is 5.39. The molecule has 1 aliphatic heterocycles. The van der Waals surface area contributed by atoms with Crippen molar-refractivity contribution in [2.24, 2.45) is 0 Å². The molecule has 0 saturated carbocycles. The monoisotopic (exact) mass is 447 g/mol. The molecule has 1 aliphatic rings. The van der Waals surface area contributed by atoms with Crippen LogP contribution in [0, 0.1) is 5.82 Å². The van der Waals surface area contributed by atoms with Crippen LogP contribution in [0.5, 0.6) is 11.5 Å². The van der Waals surface area contributed by atoms with Gasteiger partial charge in [-0.3, -0.25) is 4.79 Å². The zero-order valence-electron chi connectivity index (χ0n) is 18.7. The molecule has 32 heavy (non-hydrogen) atoms. The number of benzene rings is 2. The van der Waals surface area contributed by atoms with Gasteiger partial charge in [-0.15, -0.1) is 0 Å². The summed E-state index contributed by atoms with van der Waals surface area (Å²) < 4.78 is 31.0. The van der Waals surface area contributed by atoms with E-state index in [1.807, 2.05) is 0 Å². The maximum Gasteiger partial charge on any atom is 0.216 e. The number of aromatic hydroxyl groups is 1. The summed E-state index contributed by atoms with van der Waals surface area (Å²) in [5.74, 6) is -0.522. The third-order valence-electron chi connectivity index (χ3n) is 5.50. The van der Waals surface area contributed by atoms with Gasteiger partial charge in [-0.2, -0.15) is 0 Å². The number of ether oxygens (including phenoxy) is 3. The molecule has 0 bridgehead atoms. The van der Waals surface area contributed by atoms with Crippen molar-refractivity contribution in [3.05, 3.63) is 47.8 Å². The maximum atomic E-state index is 13.8. The first-order valence-corrected chi connectivity index (χ1v) is 10.5. The van der Waals surface area contributed by atoms with Crippen molar-refractivity contribution >= 4 is 5.91 Å². The van der Waals surface area contributed by atoms with E-state index < -0.39 is 29.9 Å². The molecule has 3 rings (SSSR count). The Morgan fingerprint density at radius 2 is 2.06 bits per heavy atom. The van der Waals surface area contributed by atoms with Gasteiger partial charge < -0.3 is 29.7 Å². The predicted octanol–water partition coefficient (Wildman–Crippen LogP) is 3.16. The van der Waals surface area contributed by atoms with Crippen molar-refractivity contribution in [3.8, 4) is 22.6 Å². The van der Waals surface area contributed by atoms with Crippen LogP contribution in [0.1, 0.15) is 32.8 Å². The Kier molecular flexibility index (Phi) is 7.38.